The van der Waals surface area contributed by atoms with Gasteiger partial charge in [0.15, 0.2) is 0 Å². The molecule has 13 heteroatoms. The van der Waals surface area contributed by atoms with E-state index in [0.717, 1.165) is 33.8 Å². The van der Waals surface area contributed by atoms with Crippen LogP contribution in [0.15, 0.2) is 29.7 Å². The van der Waals surface area contributed by atoms with Crippen molar-refractivity contribution in [2.45, 2.75) is 32.4 Å². The first-order valence-corrected chi connectivity index (χ1v) is 13.1. The lowest BCUT2D eigenvalue weighted by Crippen LogP contribution is -2.44. The zero-order valence-corrected chi connectivity index (χ0v) is 21.8. The van der Waals surface area contributed by atoms with Gasteiger partial charge in [-0.05, 0) is 74.2 Å². The molecule has 8 nitrogen and oxygen atoms in total. The fourth-order valence-corrected chi connectivity index (χ4v) is 6.15. The topological polar surface area (TPSA) is 87.2 Å². The minimum Gasteiger partial charge on any atom is -0.355 e. The molecule has 1 aromatic heterocycles. The van der Waals surface area contributed by atoms with E-state index in [9.17, 15) is 26.8 Å². The Labute approximate surface area is 211 Å². The standard InChI is InChI=1S/C22H24ClF2N3O5S2/c1-13(19-5-6-20(23)34-19)11-35(31,32)28(33-12-29)18-7-8-27(22(18)30)21-16(24)9-15(10-17(21)25)14(2)26(3)4/h5-6,9-12,14,18H,7-8H2,1-4H3/b13-11-. The van der Waals surface area contributed by atoms with Crippen molar-refractivity contribution in [3.63, 3.8) is 0 Å². The molecule has 1 amide bonds. The molecule has 190 valence electrons. The summed E-state index contributed by atoms with van der Waals surface area (Å²) in [6, 6.07) is 3.70. The van der Waals surface area contributed by atoms with Crippen LogP contribution in [0.3, 0.4) is 0 Å². The van der Waals surface area contributed by atoms with Crippen molar-refractivity contribution in [3.8, 4) is 0 Å². The molecule has 0 saturated carbocycles. The van der Waals surface area contributed by atoms with E-state index in [4.69, 9.17) is 11.6 Å². The van der Waals surface area contributed by atoms with Gasteiger partial charge in [0, 0.05) is 17.5 Å². The number of carbonyl (C=O) groups excluding carboxylic acids is 2. The van der Waals surface area contributed by atoms with E-state index in [0.29, 0.717) is 20.4 Å². The Bertz CT molecular complexity index is 1240. The number of sulfonamides is 1. The number of nitrogens with zero attached hydrogens (tertiary/aromatic N) is 3. The maximum Gasteiger partial charge on any atom is 0.314 e. The number of hydrogen-bond acceptors (Lipinski definition) is 7. The van der Waals surface area contributed by atoms with Crippen LogP contribution in [-0.2, 0) is 24.4 Å². The fourth-order valence-electron chi connectivity index (χ4n) is 3.68. The number of thiophene rings is 1. The van der Waals surface area contributed by atoms with Crippen LogP contribution in [0, 0.1) is 11.6 Å². The minimum atomic E-state index is -4.45. The fraction of sp³-hybridized carbons (Fsp3) is 0.364. The van der Waals surface area contributed by atoms with E-state index in [2.05, 4.69) is 4.84 Å². The first-order chi connectivity index (χ1) is 16.4. The molecule has 2 unspecified atom stereocenters. The molecule has 1 aliphatic heterocycles. The molecule has 2 aromatic rings. The average Bonchev–Trinajstić information content (AvgIpc) is 3.36. The van der Waals surface area contributed by atoms with Gasteiger partial charge in [0.1, 0.15) is 23.4 Å². The van der Waals surface area contributed by atoms with Crippen LogP contribution in [0.5, 0.6) is 0 Å². The van der Waals surface area contributed by atoms with Crippen LogP contribution in [0.1, 0.15) is 36.8 Å². The second-order valence-electron chi connectivity index (χ2n) is 8.17. The van der Waals surface area contributed by atoms with Gasteiger partial charge in [-0.3, -0.25) is 9.59 Å². The van der Waals surface area contributed by atoms with Crippen LogP contribution in [-0.4, -0.2) is 56.8 Å². The number of anilines is 1. The highest BCUT2D eigenvalue weighted by Crippen LogP contribution is 2.34. The molecule has 0 bridgehead atoms. The Balaban J connectivity index is 1.92. The number of benzene rings is 1. The monoisotopic (exact) mass is 547 g/mol. The smallest absolute Gasteiger partial charge is 0.314 e. The third-order valence-corrected chi connectivity index (χ3v) is 8.54. The first kappa shape index (κ1) is 27.2. The third-order valence-electron chi connectivity index (χ3n) is 5.68. The summed E-state index contributed by atoms with van der Waals surface area (Å²) in [5.74, 6) is -2.84. The molecule has 2 atom stereocenters. The lowest BCUT2D eigenvalue weighted by molar-refractivity contribution is -0.160. The van der Waals surface area contributed by atoms with E-state index in [-0.39, 0.29) is 29.9 Å². The van der Waals surface area contributed by atoms with E-state index in [1.807, 2.05) is 0 Å². The van der Waals surface area contributed by atoms with Crippen molar-refractivity contribution >= 4 is 56.6 Å². The molecule has 1 aromatic carbocycles. The summed E-state index contributed by atoms with van der Waals surface area (Å²) in [6.07, 6.45) is -0.154. The zero-order valence-electron chi connectivity index (χ0n) is 19.4. The molecule has 1 fully saturated rings. The first-order valence-electron chi connectivity index (χ1n) is 10.4. The average molecular weight is 548 g/mol. The van der Waals surface area contributed by atoms with Crippen molar-refractivity contribution in [1.29, 1.82) is 0 Å². The van der Waals surface area contributed by atoms with Gasteiger partial charge < -0.3 is 14.6 Å². The normalized spacial score (nSPS) is 18.0. The number of hydroxylamine groups is 1. The van der Waals surface area contributed by atoms with E-state index < -0.39 is 39.3 Å². The van der Waals surface area contributed by atoms with Crippen molar-refractivity contribution in [2.75, 3.05) is 25.5 Å². The highest BCUT2D eigenvalue weighted by Gasteiger charge is 2.44. The number of hydrogen-bond donors (Lipinski definition) is 0. The number of halogens is 3. The predicted octanol–water partition coefficient (Wildman–Crippen LogP) is 4.19. The highest BCUT2D eigenvalue weighted by molar-refractivity contribution is 7.92. The summed E-state index contributed by atoms with van der Waals surface area (Å²) in [5.41, 5.74) is 0.0849. The summed E-state index contributed by atoms with van der Waals surface area (Å²) in [5, 5.41) is 0.840. The molecule has 2 heterocycles. The Morgan fingerprint density at radius 3 is 2.43 bits per heavy atom. The number of amides is 1. The summed E-state index contributed by atoms with van der Waals surface area (Å²) in [4.78, 5) is 32.0. The lowest BCUT2D eigenvalue weighted by Gasteiger charge is -2.25. The van der Waals surface area contributed by atoms with Crippen molar-refractivity contribution in [2.24, 2.45) is 0 Å². The Morgan fingerprint density at radius 1 is 1.29 bits per heavy atom. The molecular weight excluding hydrogens is 524 g/mol. The lowest BCUT2D eigenvalue weighted by atomic mass is 10.1. The van der Waals surface area contributed by atoms with Gasteiger partial charge in [-0.15, -0.1) is 11.3 Å². The molecule has 0 radical (unpaired) electrons. The van der Waals surface area contributed by atoms with Crippen LogP contribution in [0.2, 0.25) is 4.34 Å². The van der Waals surface area contributed by atoms with Crippen LogP contribution >= 0.6 is 22.9 Å². The molecule has 1 saturated heterocycles. The van der Waals surface area contributed by atoms with Gasteiger partial charge in [-0.1, -0.05) is 11.6 Å². The number of carbonyl (C=O) groups is 2. The van der Waals surface area contributed by atoms with Crippen LogP contribution in [0.25, 0.3) is 5.57 Å². The minimum absolute atomic E-state index is 0.128. The SMILES string of the molecule is C/C(=C/S(=O)(=O)N(OC=O)C1CCN(c2c(F)cc(C(C)N(C)C)cc2F)C1=O)c1ccc(Cl)s1. The van der Waals surface area contributed by atoms with Gasteiger partial charge in [0.25, 0.3) is 10.0 Å². The second-order valence-corrected chi connectivity index (χ2v) is 11.5. The van der Waals surface area contributed by atoms with Crippen LogP contribution in [0.4, 0.5) is 14.5 Å². The van der Waals surface area contributed by atoms with Crippen LogP contribution < -0.4 is 4.90 Å². The summed E-state index contributed by atoms with van der Waals surface area (Å²) in [6.45, 7) is 2.97. The Kier molecular flexibility index (Phi) is 8.32. The molecule has 35 heavy (non-hydrogen) atoms. The maximum absolute atomic E-state index is 14.9. The molecular formula is C22H24ClF2N3O5S2. The zero-order chi connectivity index (χ0) is 26.1. The van der Waals surface area contributed by atoms with Gasteiger partial charge in [0.05, 0.1) is 9.74 Å². The van der Waals surface area contributed by atoms with Gasteiger partial charge in [0.2, 0.25) is 5.91 Å². The van der Waals surface area contributed by atoms with Crippen molar-refractivity contribution in [1.82, 2.24) is 9.37 Å². The molecule has 0 spiro atoms. The third kappa shape index (κ3) is 5.72. The number of rotatable bonds is 9. The largest absolute Gasteiger partial charge is 0.355 e. The molecule has 3 rings (SSSR count). The predicted molar refractivity (Wildman–Crippen MR) is 130 cm³/mol. The van der Waals surface area contributed by atoms with E-state index in [1.165, 1.54) is 6.92 Å². The van der Waals surface area contributed by atoms with Crippen molar-refractivity contribution < 1.29 is 31.6 Å². The molecule has 0 aliphatic carbocycles. The van der Waals surface area contributed by atoms with Gasteiger partial charge >= 0.3 is 6.47 Å². The van der Waals surface area contributed by atoms with Gasteiger partial charge in [-0.2, -0.15) is 0 Å². The summed E-state index contributed by atoms with van der Waals surface area (Å²) < 4.78 is 56.6. The maximum atomic E-state index is 14.9. The Morgan fingerprint density at radius 2 is 1.91 bits per heavy atom. The summed E-state index contributed by atoms with van der Waals surface area (Å²) in [7, 11) is -0.935. The molecule has 1 aliphatic rings. The van der Waals surface area contributed by atoms with Crippen molar-refractivity contribution in [3.05, 3.63) is 56.1 Å². The van der Waals surface area contributed by atoms with Gasteiger partial charge in [-0.25, -0.2) is 17.2 Å². The molecule has 0 N–H and O–H groups in total. The van der Waals surface area contributed by atoms with E-state index >= 15 is 0 Å². The summed E-state index contributed by atoms with van der Waals surface area (Å²) >= 11 is 7.04. The number of allylic oxidation sites excluding steroid dienone is 1. The Hall–Kier alpha value is -2.38. The van der Waals surface area contributed by atoms with E-state index in [1.54, 1.807) is 38.1 Å². The second kappa shape index (κ2) is 10.7. The quantitative estimate of drug-likeness (QED) is 0.346. The highest BCUT2D eigenvalue weighted by atomic mass is 35.5.